The molecule has 0 rings (SSSR count). The smallest absolute Gasteiger partial charge is 1.00 e. The largest absolute Gasteiger partial charge is 2.00 e. The van der Waals surface area contributed by atoms with Gasteiger partial charge in [0.2, 0.25) is 0 Å². The van der Waals surface area contributed by atoms with Gasteiger partial charge in [0.05, 0.1) is 0 Å². The summed E-state index contributed by atoms with van der Waals surface area (Å²) in [6, 6.07) is 0. The van der Waals surface area contributed by atoms with Crippen LogP contribution in [-0.2, 0) is 17.1 Å². The molecule has 0 saturated carbocycles. The summed E-state index contributed by atoms with van der Waals surface area (Å²) >= 11 is 0. The Balaban J connectivity index is 0. The minimum Gasteiger partial charge on any atom is -1.00 e. The second kappa shape index (κ2) is 17.1. The van der Waals surface area contributed by atoms with E-state index in [4.69, 9.17) is 0 Å². The van der Waals surface area contributed by atoms with E-state index in [2.05, 4.69) is 0 Å². The predicted octanol–water partition coefficient (Wildman–Crippen LogP) is -1.50. The van der Waals surface area contributed by atoms with Gasteiger partial charge in [-0.15, -0.1) is 0 Å². The van der Waals surface area contributed by atoms with Crippen molar-refractivity contribution in [3.05, 3.63) is 0 Å². The molecule has 0 fully saturated rings. The number of hydrogen-bond donors (Lipinski definition) is 0. The van der Waals surface area contributed by atoms with Crippen molar-refractivity contribution >= 4 is 71.8 Å². The van der Waals surface area contributed by atoms with E-state index in [1.54, 1.807) is 0 Å². The molecule has 0 aliphatic rings. The van der Waals surface area contributed by atoms with Crippen LogP contribution in [0, 0.1) is 0 Å². The van der Waals surface area contributed by atoms with Crippen molar-refractivity contribution in [3.63, 3.8) is 0 Å². The summed E-state index contributed by atoms with van der Waals surface area (Å²) in [6.45, 7) is 0. The van der Waals surface area contributed by atoms with Crippen molar-refractivity contribution in [2.45, 2.75) is 0 Å². The van der Waals surface area contributed by atoms with Gasteiger partial charge in [-0.1, -0.05) is 0 Å². The molecule has 0 nitrogen and oxygen atoms in total. The minimum atomic E-state index is 0. The van der Waals surface area contributed by atoms with E-state index in [0.717, 1.165) is 0 Å². The molecule has 0 heterocycles. The molecular formula is H7CaFeMgSi. The van der Waals surface area contributed by atoms with Crippen LogP contribution in [0.5, 0.6) is 0 Å². The Bertz CT molecular complexity index is 16.0. The zero-order valence-electron chi connectivity index (χ0n) is 6.77. The molecule has 0 aliphatic carbocycles. The molecular weight excluding hydrogens is 148 g/mol. The fourth-order valence-corrected chi connectivity index (χ4v) is 0. The summed E-state index contributed by atoms with van der Waals surface area (Å²) in [4.78, 5) is 0. The molecule has 0 aromatic heterocycles. The van der Waals surface area contributed by atoms with Crippen LogP contribution in [0.2, 0.25) is 0 Å². The van der Waals surface area contributed by atoms with Gasteiger partial charge in [0.25, 0.3) is 0 Å². The molecule has 23 valence electrons. The van der Waals surface area contributed by atoms with Gasteiger partial charge in [0, 0.05) is 17.1 Å². The third-order valence-corrected chi connectivity index (χ3v) is 0. The molecule has 0 saturated heterocycles. The molecule has 0 amide bonds. The Kier molecular flexibility index (Phi) is 126. The van der Waals surface area contributed by atoms with Gasteiger partial charge >= 0.3 is 60.8 Å². The van der Waals surface area contributed by atoms with Crippen molar-refractivity contribution in [1.82, 2.24) is 0 Å². The van der Waals surface area contributed by atoms with E-state index in [1.165, 1.54) is 0 Å². The molecule has 0 N–H and O–H groups in total. The fourth-order valence-electron chi connectivity index (χ4n) is 0. The summed E-state index contributed by atoms with van der Waals surface area (Å²) in [5.74, 6) is 0. The Morgan fingerprint density at radius 1 is 1.25 bits per heavy atom. The Hall–Kier alpha value is 2.76. The Morgan fingerprint density at radius 2 is 1.25 bits per heavy atom. The average molecular weight is 155 g/mol. The maximum Gasteiger partial charge on any atom is 2.00 e. The zero-order chi connectivity index (χ0) is 0. The van der Waals surface area contributed by atoms with Gasteiger partial charge in [0.1, 0.15) is 0 Å². The van der Waals surface area contributed by atoms with Gasteiger partial charge in [-0.3, -0.25) is 0 Å². The topological polar surface area (TPSA) is 0 Å². The molecule has 0 unspecified atom stereocenters. The maximum atomic E-state index is 0. The van der Waals surface area contributed by atoms with Crippen LogP contribution >= 0.6 is 0 Å². The molecule has 0 spiro atoms. The molecule has 0 aromatic carbocycles. The first-order valence-electron chi connectivity index (χ1n) is 0. The first-order valence-corrected chi connectivity index (χ1v) is 0. The SMILES string of the molecule is [Ca+2].[Fe].[H-].[H-].[H-].[H-].[Mg+2].[SiH3]. The van der Waals surface area contributed by atoms with Gasteiger partial charge < -0.3 is 5.71 Å². The molecule has 4 heteroatoms. The maximum absolute atomic E-state index is 0. The van der Waals surface area contributed by atoms with Crippen LogP contribution in [0.15, 0.2) is 0 Å². The quantitative estimate of drug-likeness (QED) is 0.374. The van der Waals surface area contributed by atoms with E-state index >= 15 is 0 Å². The number of rotatable bonds is 0. The summed E-state index contributed by atoms with van der Waals surface area (Å²) in [5, 5.41) is 0. The van der Waals surface area contributed by atoms with Crippen molar-refractivity contribution < 1.29 is 22.8 Å². The first kappa shape index (κ1) is 29.4. The summed E-state index contributed by atoms with van der Waals surface area (Å²) in [6.07, 6.45) is 0. The van der Waals surface area contributed by atoms with Crippen molar-refractivity contribution in [1.29, 1.82) is 0 Å². The molecule has 0 atom stereocenters. The van der Waals surface area contributed by atoms with Crippen molar-refractivity contribution in [2.24, 2.45) is 0 Å². The molecule has 4 heavy (non-hydrogen) atoms. The van der Waals surface area contributed by atoms with Gasteiger partial charge in [-0.05, 0) is 11.0 Å². The third kappa shape index (κ3) is 8.83. The van der Waals surface area contributed by atoms with E-state index in [0.29, 0.717) is 0 Å². The second-order valence-electron chi connectivity index (χ2n) is 0. The minimum absolute atomic E-state index is 0. The molecule has 0 aromatic rings. The first-order chi connectivity index (χ1) is 0. The predicted molar refractivity (Wildman–Crippen MR) is 25.9 cm³/mol. The third-order valence-electron chi connectivity index (χ3n) is 0. The summed E-state index contributed by atoms with van der Waals surface area (Å²) in [7, 11) is 0. The van der Waals surface area contributed by atoms with Crippen LogP contribution in [-0.4, -0.2) is 71.8 Å². The second-order valence-corrected chi connectivity index (χ2v) is 0. The van der Waals surface area contributed by atoms with Gasteiger partial charge in [-0.25, -0.2) is 0 Å². The van der Waals surface area contributed by atoms with Crippen LogP contribution < -0.4 is 0 Å². The number of hydrogen-bond acceptors (Lipinski definition) is 0. The van der Waals surface area contributed by atoms with Crippen LogP contribution in [0.3, 0.4) is 0 Å². The van der Waals surface area contributed by atoms with E-state index < -0.39 is 0 Å². The summed E-state index contributed by atoms with van der Waals surface area (Å²) < 4.78 is 0. The summed E-state index contributed by atoms with van der Waals surface area (Å²) in [5.41, 5.74) is 0. The van der Waals surface area contributed by atoms with Crippen molar-refractivity contribution in [3.8, 4) is 0 Å². The Labute approximate surface area is 93.1 Å². The standard InChI is InChI=1S/Ca.Fe.Mg.H3Si.4H/h;;;1H3;;;;/q+2;;+2;;4*-1. The fraction of sp³-hybridized carbons (Fsp3) is 0. The van der Waals surface area contributed by atoms with Gasteiger partial charge in [-0.2, -0.15) is 0 Å². The van der Waals surface area contributed by atoms with Crippen LogP contribution in [0.25, 0.3) is 0 Å². The normalized spacial score (nSPS) is 0. The molecule has 0 aliphatic heterocycles. The average Bonchev–Trinajstić information content (AvgIpc) is 0. The van der Waals surface area contributed by atoms with Gasteiger partial charge in [0.15, 0.2) is 0 Å². The van der Waals surface area contributed by atoms with E-state index in [9.17, 15) is 0 Å². The monoisotopic (exact) mass is 155 g/mol. The molecule has 0 bridgehead atoms. The molecule has 1 radical (unpaired) electrons. The van der Waals surface area contributed by atoms with E-state index in [1.807, 2.05) is 0 Å². The van der Waals surface area contributed by atoms with Crippen LogP contribution in [0.4, 0.5) is 0 Å². The van der Waals surface area contributed by atoms with E-state index in [-0.39, 0.29) is 94.5 Å². The Morgan fingerprint density at radius 3 is 1.25 bits per heavy atom. The van der Waals surface area contributed by atoms with Crippen LogP contribution in [0.1, 0.15) is 5.71 Å². The van der Waals surface area contributed by atoms with Crippen molar-refractivity contribution in [2.75, 3.05) is 0 Å². The zero-order valence-corrected chi connectivity index (χ0v) is 9.49.